The number of carbonyl (C=O) groups is 5. The summed E-state index contributed by atoms with van der Waals surface area (Å²) < 4.78 is 54.3. The number of ether oxygens (including phenoxy) is 6. The molecule has 0 aromatic carbocycles. The summed E-state index contributed by atoms with van der Waals surface area (Å²) in [7, 11) is 4.90. The summed E-state index contributed by atoms with van der Waals surface area (Å²) in [6.07, 6.45) is 19.8. The number of aromatic carboxylic acids is 1. The number of nitrogens with two attached hydrogens (primary N) is 1. The Kier molecular flexibility index (Phi) is 45.2. The molecule has 38 heteroatoms. The molecular weight excluding hydrogens is 1580 g/mol. The molecule has 0 radical (unpaired) electrons. The number of amides is 1. The maximum Gasteiger partial charge on any atom is 1.00 e. The molecule has 4 fully saturated rings. The van der Waals surface area contributed by atoms with Crippen LogP contribution in [0.1, 0.15) is 149 Å². The van der Waals surface area contributed by atoms with Crippen molar-refractivity contribution in [2.45, 2.75) is 125 Å². The van der Waals surface area contributed by atoms with Crippen LogP contribution in [0.4, 0.5) is 16.0 Å². The van der Waals surface area contributed by atoms with E-state index in [9.17, 15) is 23.6 Å². The van der Waals surface area contributed by atoms with E-state index >= 15 is 0 Å². The second-order valence-electron chi connectivity index (χ2n) is 22.1. The zero-order valence-electron chi connectivity index (χ0n) is 60.8. The molecule has 8 aromatic rings. The molecule has 4 aliphatic carbocycles. The average molecular weight is 1670 g/mol. The zero-order chi connectivity index (χ0) is 71.0. The van der Waals surface area contributed by atoms with Gasteiger partial charge in [-0.15, -0.1) is 47.3 Å². The number of hydrogen-bond donors (Lipinski definition) is 4. The summed E-state index contributed by atoms with van der Waals surface area (Å²) >= 11 is 5.40. The quantitative estimate of drug-likeness (QED) is 0.0148. The summed E-state index contributed by atoms with van der Waals surface area (Å²) in [6.45, 7) is 14.7. The third-order valence-electron chi connectivity index (χ3n) is 13.9. The van der Waals surface area contributed by atoms with E-state index in [1.54, 1.807) is 65.1 Å². The van der Waals surface area contributed by atoms with E-state index in [0.717, 1.165) is 43.0 Å². The Labute approximate surface area is 726 Å². The Bertz CT molecular complexity index is 3720. The summed E-state index contributed by atoms with van der Waals surface area (Å²) in [5.41, 5.74) is 8.26. The molecule has 1 amide bonds. The van der Waals surface area contributed by atoms with Crippen LogP contribution >= 0.6 is 11.6 Å². The van der Waals surface area contributed by atoms with Crippen LogP contribution in [0.5, 0.6) is 23.5 Å². The first-order chi connectivity index (χ1) is 46.7. The Morgan fingerprint density at radius 2 is 1.12 bits per heavy atom. The van der Waals surface area contributed by atoms with Crippen molar-refractivity contribution in [2.75, 3.05) is 65.7 Å². The number of aromatic amines is 1. The molecule has 33 nitrogen and oxygen atoms in total. The molecule has 0 unspecified atom stereocenters. The van der Waals surface area contributed by atoms with Gasteiger partial charge < -0.3 is 70.8 Å². The van der Waals surface area contributed by atoms with Gasteiger partial charge in [-0.3, -0.25) is 28.0 Å². The SMILES string of the molecule is CC(C)n1cnnc1-c1cccc(N)n1.CCOC(=O)c1cn(CC2CC2)nc1OC.CCOC(=O)c1cn[nH]c1OC.COc1nn(CC2CC2)cc1C(=O)Nc1cccc(-c2nncn2C(C)C)n1.COc1nn(CC2CC2)cc1C(=O)O.ClCC1CC1.O=CO[O-].[2H]CF.[Cs+].[Cs+].[H-].[Na+].[OH-]. The van der Waals surface area contributed by atoms with Gasteiger partial charge in [-0.05, 0) is 141 Å². The summed E-state index contributed by atoms with van der Waals surface area (Å²) in [4.78, 5) is 66.2. The predicted molar refractivity (Wildman–Crippen MR) is 349 cm³/mol. The number of methoxy groups -OCH3 is 4. The molecule has 4 aliphatic rings. The molecule has 0 aliphatic heterocycles. The fourth-order valence-corrected chi connectivity index (χ4v) is 8.65. The maximum atomic E-state index is 12.8. The van der Waals surface area contributed by atoms with Crippen LogP contribution in [-0.4, -0.2) is 175 Å². The number of carbonyl (C=O) groups excluding carboxylic acids is 4. The summed E-state index contributed by atoms with van der Waals surface area (Å²) in [5, 5.41) is 54.9. The molecular formula is C62H87ClCs2FN18NaO15. The summed E-state index contributed by atoms with van der Waals surface area (Å²) in [5.74, 6) is 5.21. The minimum atomic E-state index is -1.00. The van der Waals surface area contributed by atoms with E-state index < -0.39 is 19.1 Å². The Balaban J connectivity index is 0.00000122. The standard InChI is InChI=1S/C19H23N7O2.C11H16N2O3.C10H13N5.C9H12N2O3.C7H10N2O3.C4H7Cl.CH3F.CH2O3.2Cs.Na.H2O.H/c1-12(2)26-11-20-23-17(26)15-5-4-6-16(21-15)22-18(27)14-10-25(9-13-7-8-13)24-19(14)28-3;1-3-16-11(14)9-7-13(6-8-4-5-8)12-10(9)15-2;1-7(2)15-6-12-14-10(15)8-4-3-5-9(11)13-8;1-14-8-7(9(12)13)5-11(10-8)4-6-2-3-6;1-3-12-7(10)5-4-8-9-6(5)11-2;5-3-4-1-2-4;1-2;2-1-4-3;;;;;/h4-6,10-13H,7-9H2,1-3H3,(H,21,22,27);7-8H,3-6H2,1-2H3;3-7H,1-2H3,(H2,11,13);5-6H,2-4H2,1H3,(H,12,13);4H,3H2,1-2H3,(H,8,9);4H,1-3H2;1H3;1,3H;;;;1H2;/q;;;;;;;;3*+1;;-1/p-2/i;;;;;;1D;;;;;;. The van der Waals surface area contributed by atoms with Gasteiger partial charge in [-0.1, -0.05) is 12.1 Å². The molecule has 0 spiro atoms. The average Bonchev–Trinajstić information content (AvgIpc) is 1.57. The van der Waals surface area contributed by atoms with Crippen LogP contribution in [-0.2, 0) is 38.8 Å². The van der Waals surface area contributed by atoms with Crippen molar-refractivity contribution in [2.24, 2.45) is 23.7 Å². The van der Waals surface area contributed by atoms with Gasteiger partial charge in [0.1, 0.15) is 57.9 Å². The van der Waals surface area contributed by atoms with E-state index in [1.165, 1.54) is 92.2 Å². The minimum Gasteiger partial charge on any atom is -1.00 e. The van der Waals surface area contributed by atoms with Crippen LogP contribution in [0.25, 0.3) is 23.0 Å². The van der Waals surface area contributed by atoms with E-state index in [0.29, 0.717) is 94.5 Å². The first-order valence-corrected chi connectivity index (χ1v) is 31.2. The number of aromatic nitrogens is 16. The number of rotatable bonds is 23. The molecule has 100 heavy (non-hydrogen) atoms. The number of hydrogen-bond acceptors (Lipinski definition) is 25. The predicted octanol–water partition coefficient (Wildman–Crippen LogP) is -1.03. The number of alkyl halides is 2. The monoisotopic (exact) mass is 1670 g/mol. The Morgan fingerprint density at radius 3 is 1.49 bits per heavy atom. The van der Waals surface area contributed by atoms with Crippen molar-refractivity contribution < 1.29 is 248 Å². The van der Waals surface area contributed by atoms with Gasteiger partial charge in [0.15, 0.2) is 11.6 Å². The number of carboxylic acids is 1. The number of nitrogens with one attached hydrogen (secondary N) is 2. The molecule has 8 aromatic heterocycles. The van der Waals surface area contributed by atoms with Crippen LogP contribution < -0.4 is 203 Å². The number of esters is 2. The van der Waals surface area contributed by atoms with Crippen molar-refractivity contribution in [1.29, 1.82) is 0 Å². The molecule has 532 valence electrons. The van der Waals surface area contributed by atoms with Gasteiger partial charge in [-0.25, -0.2) is 29.5 Å². The van der Waals surface area contributed by atoms with E-state index in [4.69, 9.17) is 62.3 Å². The fourth-order valence-electron chi connectivity index (χ4n) is 8.34. The maximum absolute atomic E-state index is 12.8. The van der Waals surface area contributed by atoms with Crippen molar-refractivity contribution in [3.8, 4) is 46.6 Å². The van der Waals surface area contributed by atoms with Gasteiger partial charge in [0.2, 0.25) is 23.5 Å². The largest absolute Gasteiger partial charge is 1.00 e. The number of H-pyrrole nitrogens is 1. The fraction of sp³-hybridized carbons (Fsp3) is 0.500. The number of halogens is 2. The van der Waals surface area contributed by atoms with Crippen LogP contribution in [0.3, 0.4) is 0 Å². The number of anilines is 2. The van der Waals surface area contributed by atoms with Gasteiger partial charge in [-0.2, -0.15) is 5.10 Å². The first-order valence-electron chi connectivity index (χ1n) is 31.4. The topological polar surface area (TPSA) is 431 Å². The molecule has 6 N–H and O–H groups in total. The Hall–Kier alpha value is -4.99. The normalized spacial score (nSPS) is 12.7. The smallest absolute Gasteiger partial charge is 1.00 e. The van der Waals surface area contributed by atoms with Gasteiger partial charge in [0.25, 0.3) is 12.4 Å². The van der Waals surface area contributed by atoms with Crippen molar-refractivity contribution in [1.82, 2.24) is 79.0 Å². The van der Waals surface area contributed by atoms with Crippen molar-refractivity contribution in [3.63, 3.8) is 0 Å². The second-order valence-corrected chi connectivity index (χ2v) is 22.4. The zero-order valence-corrected chi connectivity index (χ0v) is 74.1. The first kappa shape index (κ1) is 91.1. The third-order valence-corrected chi connectivity index (χ3v) is 14.3. The second kappa shape index (κ2) is 49.6. The van der Waals surface area contributed by atoms with Gasteiger partial charge >= 0.3 is 185 Å². The molecule has 0 saturated heterocycles. The van der Waals surface area contributed by atoms with Crippen molar-refractivity contribution >= 4 is 53.5 Å². The van der Waals surface area contributed by atoms with Crippen LogP contribution in [0.15, 0.2) is 73.8 Å². The van der Waals surface area contributed by atoms with Gasteiger partial charge in [0, 0.05) is 56.2 Å². The third kappa shape index (κ3) is 31.5. The van der Waals surface area contributed by atoms with E-state index in [2.05, 4.69) is 79.9 Å². The van der Waals surface area contributed by atoms with Crippen LogP contribution in [0, 0.1) is 23.7 Å². The molecule has 8 heterocycles. The van der Waals surface area contributed by atoms with E-state index in [1.807, 2.05) is 47.2 Å². The van der Waals surface area contributed by atoms with Crippen LogP contribution in [0.2, 0.25) is 0 Å². The number of pyridine rings is 2. The Morgan fingerprint density at radius 1 is 0.710 bits per heavy atom. The number of nitrogens with zero attached hydrogens (tertiary/aromatic N) is 15. The van der Waals surface area contributed by atoms with Crippen molar-refractivity contribution in [3.05, 3.63) is 96.1 Å². The van der Waals surface area contributed by atoms with E-state index in [-0.39, 0.29) is 210 Å². The van der Waals surface area contributed by atoms with Gasteiger partial charge in [0.05, 0.1) is 56.4 Å². The molecule has 4 saturated carbocycles. The molecule has 12 rings (SSSR count). The molecule has 0 bridgehead atoms. The number of nitrogen functional groups attached to an aromatic ring is 1. The summed E-state index contributed by atoms with van der Waals surface area (Å²) in [6, 6.07) is 11.4. The number of carboxylic acid groups (broad SMARTS) is 1. The minimum absolute atomic E-state index is 0. The molecule has 0 atom stereocenters.